The second kappa shape index (κ2) is 6.44. The van der Waals surface area contributed by atoms with Crippen molar-refractivity contribution < 1.29 is 18.1 Å². The summed E-state index contributed by atoms with van der Waals surface area (Å²) in [4.78, 5) is 22.3. The van der Waals surface area contributed by atoms with Gasteiger partial charge in [-0.2, -0.15) is 0 Å². The van der Waals surface area contributed by atoms with Crippen LogP contribution in [0.4, 0.5) is 10.7 Å². The SMILES string of the molecule is CN(C)S(=O)(=O)c1ccc(NC(=O)c2ccc([N+](=O)[O-])s2)cc1. The molecule has 2 rings (SSSR count). The summed E-state index contributed by atoms with van der Waals surface area (Å²) in [5.41, 5.74) is 0.392. The molecule has 0 unspecified atom stereocenters. The van der Waals surface area contributed by atoms with E-state index in [9.17, 15) is 23.3 Å². The maximum absolute atomic E-state index is 12.0. The van der Waals surface area contributed by atoms with Gasteiger partial charge >= 0.3 is 5.00 Å². The Morgan fingerprint density at radius 1 is 1.17 bits per heavy atom. The fourth-order valence-corrected chi connectivity index (χ4v) is 3.28. The Kier molecular flexibility index (Phi) is 4.78. The van der Waals surface area contributed by atoms with E-state index in [1.54, 1.807) is 0 Å². The van der Waals surface area contributed by atoms with Crippen LogP contribution in [0.25, 0.3) is 0 Å². The molecule has 0 fully saturated rings. The minimum absolute atomic E-state index is 0.104. The summed E-state index contributed by atoms with van der Waals surface area (Å²) in [5, 5.41) is 13.0. The molecule has 122 valence electrons. The van der Waals surface area contributed by atoms with Gasteiger partial charge in [-0.15, -0.1) is 0 Å². The molecule has 0 bridgehead atoms. The van der Waals surface area contributed by atoms with Gasteiger partial charge in [-0.25, -0.2) is 12.7 Å². The van der Waals surface area contributed by atoms with Crippen LogP contribution in [0.1, 0.15) is 9.67 Å². The Bertz CT molecular complexity index is 841. The number of rotatable bonds is 5. The summed E-state index contributed by atoms with van der Waals surface area (Å²) in [5.74, 6) is -0.494. The van der Waals surface area contributed by atoms with Gasteiger partial charge in [0.15, 0.2) is 0 Å². The number of nitrogens with zero attached hydrogens (tertiary/aromatic N) is 2. The first-order valence-electron chi connectivity index (χ1n) is 6.30. The zero-order valence-electron chi connectivity index (χ0n) is 12.2. The summed E-state index contributed by atoms with van der Waals surface area (Å²) in [6.07, 6.45) is 0. The van der Waals surface area contributed by atoms with Crippen molar-refractivity contribution in [3.8, 4) is 0 Å². The smallest absolute Gasteiger partial charge is 0.321 e. The van der Waals surface area contributed by atoms with E-state index < -0.39 is 20.9 Å². The number of thiophene rings is 1. The van der Waals surface area contributed by atoms with Crippen molar-refractivity contribution in [3.05, 3.63) is 51.4 Å². The van der Waals surface area contributed by atoms with Crippen LogP contribution in [0.2, 0.25) is 0 Å². The number of hydrogen-bond acceptors (Lipinski definition) is 6. The Labute approximate surface area is 136 Å². The Morgan fingerprint density at radius 2 is 1.78 bits per heavy atom. The predicted molar refractivity (Wildman–Crippen MR) is 86.2 cm³/mol. The van der Waals surface area contributed by atoms with Crippen molar-refractivity contribution in [1.82, 2.24) is 4.31 Å². The molecule has 1 aromatic carbocycles. The maximum Gasteiger partial charge on any atom is 0.324 e. The first-order valence-corrected chi connectivity index (χ1v) is 8.55. The van der Waals surface area contributed by atoms with E-state index in [2.05, 4.69) is 5.32 Å². The predicted octanol–water partition coefficient (Wildman–Crippen LogP) is 2.16. The Balaban J connectivity index is 2.14. The molecule has 0 aliphatic carbocycles. The van der Waals surface area contributed by atoms with Crippen molar-refractivity contribution in [1.29, 1.82) is 0 Å². The molecule has 2 aromatic rings. The van der Waals surface area contributed by atoms with Crippen LogP contribution in [-0.2, 0) is 10.0 Å². The van der Waals surface area contributed by atoms with Gasteiger partial charge < -0.3 is 5.32 Å². The lowest BCUT2D eigenvalue weighted by molar-refractivity contribution is -0.380. The minimum atomic E-state index is -3.53. The number of hydrogen-bond donors (Lipinski definition) is 1. The molecular weight excluding hydrogens is 342 g/mol. The molecule has 8 nitrogen and oxygen atoms in total. The standard InChI is InChI=1S/C13H13N3O5S2/c1-15(2)23(20,21)10-5-3-9(4-6-10)14-13(17)11-7-8-12(22-11)16(18)19/h3-8H,1-2H3,(H,14,17). The summed E-state index contributed by atoms with van der Waals surface area (Å²) in [6.45, 7) is 0. The monoisotopic (exact) mass is 355 g/mol. The van der Waals surface area contributed by atoms with E-state index in [0.717, 1.165) is 15.6 Å². The molecule has 23 heavy (non-hydrogen) atoms. The largest absolute Gasteiger partial charge is 0.324 e. The van der Waals surface area contributed by atoms with Crippen LogP contribution in [0.3, 0.4) is 0 Å². The lowest BCUT2D eigenvalue weighted by Crippen LogP contribution is -2.22. The van der Waals surface area contributed by atoms with E-state index in [0.29, 0.717) is 5.69 Å². The van der Waals surface area contributed by atoms with Gasteiger partial charge in [0.05, 0.1) is 14.7 Å². The van der Waals surface area contributed by atoms with Crippen molar-refractivity contribution in [2.45, 2.75) is 4.90 Å². The van der Waals surface area contributed by atoms with Gasteiger partial charge in [-0.1, -0.05) is 11.3 Å². The van der Waals surface area contributed by atoms with Crippen LogP contribution in [-0.4, -0.2) is 37.6 Å². The van der Waals surface area contributed by atoms with Crippen LogP contribution in [0, 0.1) is 10.1 Å². The normalized spacial score (nSPS) is 11.4. The van der Waals surface area contributed by atoms with Gasteiger partial charge in [-0.05, 0) is 30.3 Å². The molecular formula is C13H13N3O5S2. The number of amides is 1. The fraction of sp³-hybridized carbons (Fsp3) is 0.154. The zero-order valence-corrected chi connectivity index (χ0v) is 13.8. The number of benzene rings is 1. The Morgan fingerprint density at radius 3 is 2.26 bits per heavy atom. The topological polar surface area (TPSA) is 110 Å². The molecule has 0 saturated heterocycles. The third-order valence-corrected chi connectivity index (χ3v) is 5.75. The first-order chi connectivity index (χ1) is 10.7. The molecule has 1 N–H and O–H groups in total. The number of sulfonamides is 1. The second-order valence-electron chi connectivity index (χ2n) is 4.66. The minimum Gasteiger partial charge on any atom is -0.321 e. The third-order valence-electron chi connectivity index (χ3n) is 2.89. The maximum atomic E-state index is 12.0. The number of anilines is 1. The van der Waals surface area contributed by atoms with Gasteiger partial charge in [0.2, 0.25) is 10.0 Å². The highest BCUT2D eigenvalue weighted by Gasteiger charge is 2.18. The molecule has 0 radical (unpaired) electrons. The van der Waals surface area contributed by atoms with E-state index in [1.807, 2.05) is 0 Å². The number of carbonyl (C=O) groups excluding carboxylic acids is 1. The molecule has 1 amide bonds. The van der Waals surface area contributed by atoms with E-state index in [-0.39, 0.29) is 14.8 Å². The highest BCUT2D eigenvalue weighted by Crippen LogP contribution is 2.25. The van der Waals surface area contributed by atoms with Crippen molar-refractivity contribution in [3.63, 3.8) is 0 Å². The van der Waals surface area contributed by atoms with Crippen molar-refractivity contribution in [2.75, 3.05) is 19.4 Å². The number of nitro groups is 1. The van der Waals surface area contributed by atoms with E-state index in [1.165, 1.54) is 50.5 Å². The van der Waals surface area contributed by atoms with Crippen LogP contribution in [0.5, 0.6) is 0 Å². The average Bonchev–Trinajstić information content (AvgIpc) is 2.97. The van der Waals surface area contributed by atoms with Gasteiger partial charge in [-0.3, -0.25) is 14.9 Å². The van der Waals surface area contributed by atoms with Crippen LogP contribution in [0.15, 0.2) is 41.3 Å². The molecule has 0 saturated carbocycles. The van der Waals surface area contributed by atoms with Crippen molar-refractivity contribution in [2.24, 2.45) is 0 Å². The van der Waals surface area contributed by atoms with Gasteiger partial charge in [0.1, 0.15) is 0 Å². The fourth-order valence-electron chi connectivity index (χ4n) is 1.66. The highest BCUT2D eigenvalue weighted by atomic mass is 32.2. The lowest BCUT2D eigenvalue weighted by Gasteiger charge is -2.11. The second-order valence-corrected chi connectivity index (χ2v) is 7.87. The van der Waals surface area contributed by atoms with Gasteiger partial charge in [0, 0.05) is 25.8 Å². The number of carbonyl (C=O) groups is 1. The van der Waals surface area contributed by atoms with Crippen LogP contribution < -0.4 is 5.32 Å². The average molecular weight is 355 g/mol. The van der Waals surface area contributed by atoms with Gasteiger partial charge in [0.25, 0.3) is 5.91 Å². The molecule has 0 aliphatic heterocycles. The third kappa shape index (κ3) is 3.73. The summed E-state index contributed by atoms with van der Waals surface area (Å²) >= 11 is 0.766. The molecule has 10 heteroatoms. The quantitative estimate of drug-likeness (QED) is 0.653. The molecule has 1 aromatic heterocycles. The first kappa shape index (κ1) is 17.1. The molecule has 0 atom stereocenters. The molecule has 0 aliphatic rings. The highest BCUT2D eigenvalue weighted by molar-refractivity contribution is 7.89. The van der Waals surface area contributed by atoms with E-state index >= 15 is 0 Å². The summed E-state index contributed by atoms with van der Waals surface area (Å²) in [6, 6.07) is 8.28. The summed E-state index contributed by atoms with van der Waals surface area (Å²) < 4.78 is 24.9. The molecule has 0 spiro atoms. The number of nitrogens with one attached hydrogen (secondary N) is 1. The summed E-state index contributed by atoms with van der Waals surface area (Å²) in [7, 11) is -0.682. The van der Waals surface area contributed by atoms with Crippen molar-refractivity contribution >= 4 is 38.0 Å². The molecule has 1 heterocycles. The lowest BCUT2D eigenvalue weighted by atomic mass is 10.3. The Hall–Kier alpha value is -2.30. The van der Waals surface area contributed by atoms with Crippen LogP contribution >= 0.6 is 11.3 Å². The zero-order chi connectivity index (χ0) is 17.2. The van der Waals surface area contributed by atoms with E-state index in [4.69, 9.17) is 0 Å².